The van der Waals surface area contributed by atoms with E-state index in [1.807, 2.05) is 0 Å². The molecule has 0 aliphatic heterocycles. The summed E-state index contributed by atoms with van der Waals surface area (Å²) < 4.78 is 2.45. The van der Waals surface area contributed by atoms with Crippen LogP contribution in [-0.4, -0.2) is 4.57 Å². The maximum Gasteiger partial charge on any atom is 0.0726 e. The molecule has 11 aromatic rings. The lowest BCUT2D eigenvalue weighted by molar-refractivity contribution is 0.793. The second kappa shape index (κ2) is 13.0. The lowest BCUT2D eigenvalue weighted by Crippen LogP contribution is -2.26. The Hall–Kier alpha value is -7.94. The maximum atomic E-state index is 2.50. The number of benzene rings is 10. The van der Waals surface area contributed by atoms with Crippen LogP contribution in [0.5, 0.6) is 0 Å². The van der Waals surface area contributed by atoms with Gasteiger partial charge in [0.15, 0.2) is 0 Å². The standard InChI is InChI=1S/C59H38N2/c1-2-17-40(18-3-1)45-20-9-14-28-56(45)60(44-33-35-51-50-24-10-15-29-57(50)61(58(51)38-44)42-31-30-39-16-4-5-19-41(39)36-42)43-32-34-49-48-23-8-13-27-54(48)59(55(49)37-43)52-25-11-6-21-46(52)47-22-7-12-26-53(47)59/h1-38H. The summed E-state index contributed by atoms with van der Waals surface area (Å²) >= 11 is 0. The molecule has 1 spiro atoms. The van der Waals surface area contributed by atoms with Gasteiger partial charge < -0.3 is 9.47 Å². The molecular formula is C59H38N2. The van der Waals surface area contributed by atoms with Crippen LogP contribution in [0, 0.1) is 0 Å². The number of nitrogens with zero attached hydrogens (tertiary/aromatic N) is 2. The van der Waals surface area contributed by atoms with Crippen LogP contribution in [0.15, 0.2) is 231 Å². The van der Waals surface area contributed by atoms with Crippen molar-refractivity contribution in [2.45, 2.75) is 5.41 Å². The highest BCUT2D eigenvalue weighted by Gasteiger charge is 2.51. The minimum atomic E-state index is -0.452. The first-order valence-corrected chi connectivity index (χ1v) is 21.2. The van der Waals surface area contributed by atoms with E-state index in [9.17, 15) is 0 Å². The molecule has 0 N–H and O–H groups in total. The Kier molecular flexibility index (Phi) is 7.26. The molecule has 0 unspecified atom stereocenters. The second-order valence-corrected chi connectivity index (χ2v) is 16.4. The van der Waals surface area contributed by atoms with Gasteiger partial charge in [-0.3, -0.25) is 0 Å². The number of aromatic nitrogens is 1. The highest BCUT2D eigenvalue weighted by molar-refractivity contribution is 6.11. The summed E-state index contributed by atoms with van der Waals surface area (Å²) in [4.78, 5) is 2.49. The largest absolute Gasteiger partial charge is 0.310 e. The van der Waals surface area contributed by atoms with Gasteiger partial charge in [-0.15, -0.1) is 0 Å². The molecule has 10 aromatic carbocycles. The summed E-state index contributed by atoms with van der Waals surface area (Å²) in [5, 5.41) is 4.93. The number of para-hydroxylation sites is 2. The molecule has 0 amide bonds. The van der Waals surface area contributed by atoms with E-state index in [2.05, 4.69) is 240 Å². The van der Waals surface area contributed by atoms with Gasteiger partial charge in [0, 0.05) is 33.4 Å². The average molecular weight is 775 g/mol. The molecule has 0 bridgehead atoms. The molecule has 1 heterocycles. The van der Waals surface area contributed by atoms with Crippen molar-refractivity contribution in [2.24, 2.45) is 0 Å². The van der Waals surface area contributed by atoms with Crippen molar-refractivity contribution in [3.8, 4) is 39.1 Å². The highest BCUT2D eigenvalue weighted by Crippen LogP contribution is 2.63. The molecule has 0 radical (unpaired) electrons. The highest BCUT2D eigenvalue weighted by atomic mass is 15.1. The van der Waals surface area contributed by atoms with E-state index in [-0.39, 0.29) is 0 Å². The smallest absolute Gasteiger partial charge is 0.0726 e. The minimum absolute atomic E-state index is 0.452. The lowest BCUT2D eigenvalue weighted by Gasteiger charge is -2.32. The van der Waals surface area contributed by atoms with E-state index in [0.29, 0.717) is 0 Å². The molecule has 0 fully saturated rings. The Morgan fingerprint density at radius 3 is 1.61 bits per heavy atom. The average Bonchev–Trinajstić information content (AvgIpc) is 3.93. The van der Waals surface area contributed by atoms with Gasteiger partial charge in [0.05, 0.1) is 22.1 Å². The van der Waals surface area contributed by atoms with Gasteiger partial charge in [0.1, 0.15) is 0 Å². The van der Waals surface area contributed by atoms with Crippen LogP contribution in [0.4, 0.5) is 17.1 Å². The Morgan fingerprint density at radius 1 is 0.328 bits per heavy atom. The van der Waals surface area contributed by atoms with Crippen molar-refractivity contribution < 1.29 is 0 Å². The number of anilines is 3. The lowest BCUT2D eigenvalue weighted by atomic mass is 9.70. The Bertz CT molecular complexity index is 3490. The Labute approximate surface area is 354 Å². The van der Waals surface area contributed by atoms with Crippen molar-refractivity contribution in [1.29, 1.82) is 0 Å². The third-order valence-corrected chi connectivity index (χ3v) is 13.4. The van der Waals surface area contributed by atoms with Gasteiger partial charge in [-0.1, -0.05) is 182 Å². The van der Waals surface area contributed by atoms with E-state index in [0.717, 1.165) is 22.7 Å². The van der Waals surface area contributed by atoms with Crippen molar-refractivity contribution in [3.05, 3.63) is 253 Å². The van der Waals surface area contributed by atoms with Crippen LogP contribution in [-0.2, 0) is 5.41 Å². The van der Waals surface area contributed by atoms with E-state index < -0.39 is 5.41 Å². The van der Waals surface area contributed by atoms with Crippen molar-refractivity contribution in [3.63, 3.8) is 0 Å². The summed E-state index contributed by atoms with van der Waals surface area (Å²) in [6.45, 7) is 0. The first kappa shape index (κ1) is 34.0. The molecule has 0 saturated heterocycles. The minimum Gasteiger partial charge on any atom is -0.310 e. The summed E-state index contributed by atoms with van der Waals surface area (Å²) in [7, 11) is 0. The molecule has 61 heavy (non-hydrogen) atoms. The fraction of sp³-hybridized carbons (Fsp3) is 0.0169. The molecule has 0 atom stereocenters. The summed E-state index contributed by atoms with van der Waals surface area (Å²) in [6.07, 6.45) is 0. The normalized spacial score (nSPS) is 13.0. The fourth-order valence-electron chi connectivity index (χ4n) is 10.9. The van der Waals surface area contributed by atoms with E-state index in [1.165, 1.54) is 88.2 Å². The second-order valence-electron chi connectivity index (χ2n) is 16.4. The van der Waals surface area contributed by atoms with Crippen LogP contribution < -0.4 is 4.90 Å². The zero-order chi connectivity index (χ0) is 40.1. The molecule has 1 aromatic heterocycles. The Morgan fingerprint density at radius 2 is 0.869 bits per heavy atom. The molecule has 284 valence electrons. The van der Waals surface area contributed by atoms with Crippen molar-refractivity contribution >= 4 is 49.6 Å². The fourth-order valence-corrected chi connectivity index (χ4v) is 10.9. The maximum absolute atomic E-state index is 2.50. The summed E-state index contributed by atoms with van der Waals surface area (Å²) in [5.41, 5.74) is 19.3. The van der Waals surface area contributed by atoms with Crippen molar-refractivity contribution in [1.82, 2.24) is 4.57 Å². The summed E-state index contributed by atoms with van der Waals surface area (Å²) in [5.74, 6) is 0. The topological polar surface area (TPSA) is 8.17 Å². The molecule has 2 aliphatic rings. The van der Waals surface area contributed by atoms with Crippen LogP contribution in [0.1, 0.15) is 22.3 Å². The number of fused-ring (bicyclic) bond motifs is 14. The number of hydrogen-bond donors (Lipinski definition) is 0. The number of rotatable bonds is 5. The van der Waals surface area contributed by atoms with Gasteiger partial charge in [-0.25, -0.2) is 0 Å². The van der Waals surface area contributed by atoms with E-state index in [4.69, 9.17) is 0 Å². The van der Waals surface area contributed by atoms with Crippen LogP contribution in [0.25, 0.3) is 71.6 Å². The van der Waals surface area contributed by atoms with Crippen molar-refractivity contribution in [2.75, 3.05) is 4.90 Å². The van der Waals surface area contributed by atoms with Gasteiger partial charge >= 0.3 is 0 Å². The predicted molar refractivity (Wildman–Crippen MR) is 255 cm³/mol. The van der Waals surface area contributed by atoms with Gasteiger partial charge in [-0.2, -0.15) is 0 Å². The van der Waals surface area contributed by atoms with E-state index in [1.54, 1.807) is 0 Å². The molecular weight excluding hydrogens is 737 g/mol. The summed E-state index contributed by atoms with van der Waals surface area (Å²) in [6, 6.07) is 85.4. The van der Waals surface area contributed by atoms with Crippen LogP contribution in [0.3, 0.4) is 0 Å². The van der Waals surface area contributed by atoms with E-state index >= 15 is 0 Å². The van der Waals surface area contributed by atoms with Crippen LogP contribution in [0.2, 0.25) is 0 Å². The SMILES string of the molecule is c1ccc(-c2ccccc2N(c2ccc3c(c2)C2(c4ccccc4-c4ccccc42)c2ccccc2-3)c2ccc3c4ccccc4n(-c4ccc5ccccc5c4)c3c2)cc1. The monoisotopic (exact) mass is 774 g/mol. The quantitative estimate of drug-likeness (QED) is 0.169. The third-order valence-electron chi connectivity index (χ3n) is 13.4. The molecule has 13 rings (SSSR count). The van der Waals surface area contributed by atoms with Gasteiger partial charge in [-0.05, 0) is 109 Å². The van der Waals surface area contributed by atoms with Gasteiger partial charge in [0.2, 0.25) is 0 Å². The first-order valence-electron chi connectivity index (χ1n) is 21.2. The van der Waals surface area contributed by atoms with Gasteiger partial charge in [0.25, 0.3) is 0 Å². The molecule has 2 nitrogen and oxygen atoms in total. The molecule has 2 heteroatoms. The first-order chi connectivity index (χ1) is 30.3. The predicted octanol–water partition coefficient (Wildman–Crippen LogP) is 15.4. The van der Waals surface area contributed by atoms with Crippen LogP contribution >= 0.6 is 0 Å². The zero-order valence-corrected chi connectivity index (χ0v) is 33.3. The zero-order valence-electron chi connectivity index (χ0n) is 33.3. The third kappa shape index (κ3) is 4.79. The Balaban J connectivity index is 1.10. The number of hydrogen-bond acceptors (Lipinski definition) is 1. The molecule has 0 saturated carbocycles. The molecule has 2 aliphatic carbocycles.